The minimum atomic E-state index is 0. The number of aliphatic imine (C=N–C) groups is 1. The molecule has 27 heavy (non-hydrogen) atoms. The van der Waals surface area contributed by atoms with E-state index in [9.17, 15) is 0 Å². The predicted octanol–water partition coefficient (Wildman–Crippen LogP) is 2.47. The molecule has 0 amide bonds. The molecule has 0 heterocycles. The molecule has 156 valence electrons. The lowest BCUT2D eigenvalue weighted by molar-refractivity contribution is 0.0733. The van der Waals surface area contributed by atoms with Gasteiger partial charge in [-0.2, -0.15) is 0 Å². The number of guanidine groups is 1. The number of benzene rings is 1. The minimum Gasteiger partial charge on any atom is -0.490 e. The fraction of sp³-hybridized carbons (Fsp3) is 0.632. The molecule has 8 heteroatoms. The van der Waals surface area contributed by atoms with Crippen LogP contribution < -0.4 is 20.1 Å². The Hall–Kier alpha value is -1.26. The fourth-order valence-electron chi connectivity index (χ4n) is 2.28. The van der Waals surface area contributed by atoms with E-state index in [1.54, 1.807) is 14.2 Å². The molecule has 1 rings (SSSR count). The summed E-state index contributed by atoms with van der Waals surface area (Å²) in [5.74, 6) is 2.34. The Bertz CT molecular complexity index is 530. The predicted molar refractivity (Wildman–Crippen MR) is 120 cm³/mol. The van der Waals surface area contributed by atoms with Gasteiger partial charge in [0, 0.05) is 27.2 Å². The summed E-state index contributed by atoms with van der Waals surface area (Å²) in [5.41, 5.74) is 1.18. The molecule has 0 saturated heterocycles. The monoisotopic (exact) mass is 495 g/mol. The van der Waals surface area contributed by atoms with Gasteiger partial charge in [0.1, 0.15) is 0 Å². The average molecular weight is 495 g/mol. The molecule has 0 saturated carbocycles. The van der Waals surface area contributed by atoms with Gasteiger partial charge in [-0.25, -0.2) is 0 Å². The molecule has 0 unspecified atom stereocenters. The van der Waals surface area contributed by atoms with Crippen LogP contribution in [0.1, 0.15) is 19.4 Å². The molecule has 0 atom stereocenters. The number of nitrogens with one attached hydrogen (secondary N) is 2. The molecule has 0 aliphatic heterocycles. The lowest BCUT2D eigenvalue weighted by Gasteiger charge is -2.14. The zero-order valence-corrected chi connectivity index (χ0v) is 19.2. The summed E-state index contributed by atoms with van der Waals surface area (Å²) in [6.07, 6.45) is 0.859. The number of ether oxygens (including phenoxy) is 4. The second-order valence-electron chi connectivity index (χ2n) is 5.43. The Morgan fingerprint density at radius 3 is 2.33 bits per heavy atom. The van der Waals surface area contributed by atoms with Crippen LogP contribution in [0.15, 0.2) is 23.2 Å². The molecule has 0 aliphatic rings. The van der Waals surface area contributed by atoms with E-state index in [1.807, 2.05) is 26.0 Å². The van der Waals surface area contributed by atoms with Gasteiger partial charge in [0.05, 0.1) is 33.0 Å². The molecule has 7 nitrogen and oxygen atoms in total. The number of hydrogen-bond acceptors (Lipinski definition) is 5. The van der Waals surface area contributed by atoms with Gasteiger partial charge in [0.25, 0.3) is 0 Å². The highest BCUT2D eigenvalue weighted by molar-refractivity contribution is 14.0. The molecule has 1 aromatic carbocycles. The van der Waals surface area contributed by atoms with Crippen molar-refractivity contribution in [3.8, 4) is 11.5 Å². The van der Waals surface area contributed by atoms with Crippen molar-refractivity contribution in [2.75, 3.05) is 60.3 Å². The second-order valence-corrected chi connectivity index (χ2v) is 5.43. The van der Waals surface area contributed by atoms with Gasteiger partial charge in [-0.1, -0.05) is 6.07 Å². The highest BCUT2D eigenvalue weighted by Crippen LogP contribution is 2.28. The van der Waals surface area contributed by atoms with E-state index in [2.05, 4.69) is 21.7 Å². The Morgan fingerprint density at radius 2 is 1.67 bits per heavy atom. The van der Waals surface area contributed by atoms with Crippen LogP contribution in [0.3, 0.4) is 0 Å². The van der Waals surface area contributed by atoms with E-state index in [4.69, 9.17) is 18.9 Å². The summed E-state index contributed by atoms with van der Waals surface area (Å²) in [4.78, 5) is 4.21. The van der Waals surface area contributed by atoms with Crippen molar-refractivity contribution >= 4 is 29.9 Å². The van der Waals surface area contributed by atoms with Crippen LogP contribution in [-0.2, 0) is 15.9 Å². The van der Waals surface area contributed by atoms with Crippen LogP contribution in [0.5, 0.6) is 11.5 Å². The maximum absolute atomic E-state index is 5.67. The van der Waals surface area contributed by atoms with Crippen LogP contribution in [0.2, 0.25) is 0 Å². The number of rotatable bonds is 13. The van der Waals surface area contributed by atoms with Gasteiger partial charge in [-0.15, -0.1) is 24.0 Å². The Kier molecular flexibility index (Phi) is 16.1. The topological polar surface area (TPSA) is 73.3 Å². The Labute approximate surface area is 180 Å². The highest BCUT2D eigenvalue weighted by atomic mass is 127. The van der Waals surface area contributed by atoms with Crippen molar-refractivity contribution in [2.45, 2.75) is 20.3 Å². The first kappa shape index (κ1) is 25.7. The summed E-state index contributed by atoms with van der Waals surface area (Å²) < 4.78 is 21.6. The molecule has 0 aromatic heterocycles. The van der Waals surface area contributed by atoms with Gasteiger partial charge in [-0.05, 0) is 38.0 Å². The molecule has 0 spiro atoms. The second kappa shape index (κ2) is 16.9. The first-order chi connectivity index (χ1) is 12.7. The van der Waals surface area contributed by atoms with Crippen LogP contribution in [-0.4, -0.2) is 66.2 Å². The summed E-state index contributed by atoms with van der Waals surface area (Å²) in [7, 11) is 3.42. The van der Waals surface area contributed by atoms with Crippen molar-refractivity contribution in [1.82, 2.24) is 10.6 Å². The highest BCUT2D eigenvalue weighted by Gasteiger charge is 2.06. The lowest BCUT2D eigenvalue weighted by atomic mass is 10.1. The molecule has 0 radical (unpaired) electrons. The van der Waals surface area contributed by atoms with Gasteiger partial charge >= 0.3 is 0 Å². The van der Waals surface area contributed by atoms with Crippen LogP contribution >= 0.6 is 24.0 Å². The molecular weight excluding hydrogens is 461 g/mol. The third-order valence-electron chi connectivity index (χ3n) is 3.51. The third-order valence-corrected chi connectivity index (χ3v) is 3.51. The fourth-order valence-corrected chi connectivity index (χ4v) is 2.28. The zero-order valence-electron chi connectivity index (χ0n) is 16.9. The van der Waals surface area contributed by atoms with Gasteiger partial charge in [0.2, 0.25) is 0 Å². The Morgan fingerprint density at radius 1 is 0.963 bits per heavy atom. The zero-order chi connectivity index (χ0) is 19.0. The largest absolute Gasteiger partial charge is 0.490 e. The maximum atomic E-state index is 5.67. The number of methoxy groups -OCH3 is 1. The van der Waals surface area contributed by atoms with E-state index < -0.39 is 0 Å². The van der Waals surface area contributed by atoms with E-state index in [1.165, 1.54) is 5.56 Å². The van der Waals surface area contributed by atoms with Crippen molar-refractivity contribution in [1.29, 1.82) is 0 Å². The van der Waals surface area contributed by atoms with Crippen molar-refractivity contribution in [3.05, 3.63) is 23.8 Å². The number of hydrogen-bond donors (Lipinski definition) is 2. The van der Waals surface area contributed by atoms with E-state index in [-0.39, 0.29) is 24.0 Å². The smallest absolute Gasteiger partial charge is 0.191 e. The quantitative estimate of drug-likeness (QED) is 0.190. The first-order valence-electron chi connectivity index (χ1n) is 9.14. The minimum absolute atomic E-state index is 0. The van der Waals surface area contributed by atoms with Crippen molar-refractivity contribution in [3.63, 3.8) is 0 Å². The van der Waals surface area contributed by atoms with Crippen molar-refractivity contribution < 1.29 is 18.9 Å². The standard InChI is InChI=1S/C19H33N3O4.HI/c1-5-25-17-8-7-16(15-18(17)26-6-2)9-10-21-19(20-3)22-11-12-24-14-13-23-4;/h7-8,15H,5-6,9-14H2,1-4H3,(H2,20,21,22);1H. The summed E-state index contributed by atoms with van der Waals surface area (Å²) in [6, 6.07) is 6.07. The molecular formula is C19H34IN3O4. The van der Waals surface area contributed by atoms with E-state index in [0.717, 1.165) is 30.4 Å². The van der Waals surface area contributed by atoms with Crippen molar-refractivity contribution in [2.24, 2.45) is 4.99 Å². The van der Waals surface area contributed by atoms with Gasteiger partial charge < -0.3 is 29.6 Å². The Balaban J connectivity index is 0.00000676. The van der Waals surface area contributed by atoms with Gasteiger partial charge in [-0.3, -0.25) is 4.99 Å². The molecule has 2 N–H and O–H groups in total. The van der Waals surface area contributed by atoms with Crippen LogP contribution in [0.25, 0.3) is 0 Å². The average Bonchev–Trinajstić information content (AvgIpc) is 2.65. The molecule has 0 fully saturated rings. The maximum Gasteiger partial charge on any atom is 0.191 e. The number of halogens is 1. The summed E-state index contributed by atoms with van der Waals surface area (Å²) in [6.45, 7) is 8.46. The third kappa shape index (κ3) is 11.2. The molecule has 0 bridgehead atoms. The summed E-state index contributed by atoms with van der Waals surface area (Å²) in [5, 5.41) is 6.52. The summed E-state index contributed by atoms with van der Waals surface area (Å²) >= 11 is 0. The lowest BCUT2D eigenvalue weighted by Crippen LogP contribution is -2.39. The molecule has 0 aliphatic carbocycles. The molecule has 1 aromatic rings. The van der Waals surface area contributed by atoms with Crippen LogP contribution in [0.4, 0.5) is 0 Å². The SMILES string of the molecule is CCOc1ccc(CCNC(=NC)NCCOCCOC)cc1OCC.I. The van der Waals surface area contributed by atoms with E-state index >= 15 is 0 Å². The van der Waals surface area contributed by atoms with E-state index in [0.29, 0.717) is 39.6 Å². The van der Waals surface area contributed by atoms with Gasteiger partial charge in [0.15, 0.2) is 17.5 Å². The van der Waals surface area contributed by atoms with Crippen LogP contribution in [0, 0.1) is 0 Å². The first-order valence-corrected chi connectivity index (χ1v) is 9.14. The number of nitrogens with zero attached hydrogens (tertiary/aromatic N) is 1. The normalized spacial score (nSPS) is 10.9.